The lowest BCUT2D eigenvalue weighted by Crippen LogP contribution is -2.39. The molecule has 0 spiro atoms. The lowest BCUT2D eigenvalue weighted by Gasteiger charge is -2.15. The Bertz CT molecular complexity index is 404. The van der Waals surface area contributed by atoms with Gasteiger partial charge >= 0.3 is 5.97 Å². The molecule has 19 heavy (non-hydrogen) atoms. The summed E-state index contributed by atoms with van der Waals surface area (Å²) in [5.41, 5.74) is 1.32. The van der Waals surface area contributed by atoms with Gasteiger partial charge in [0.1, 0.15) is 0 Å². The number of aliphatic imine (C=N–C) groups is 1. The van der Waals surface area contributed by atoms with Crippen LogP contribution >= 0.6 is 11.3 Å². The predicted molar refractivity (Wildman–Crippen MR) is 78.7 cm³/mol. The normalized spacial score (nSPS) is 12.9. The van der Waals surface area contributed by atoms with Crippen LogP contribution in [0.4, 0.5) is 0 Å². The van der Waals surface area contributed by atoms with Crippen molar-refractivity contribution in [1.29, 1.82) is 0 Å². The maximum atomic E-state index is 11.0. The summed E-state index contributed by atoms with van der Waals surface area (Å²) >= 11 is 1.70. The molecule has 0 aliphatic rings. The summed E-state index contributed by atoms with van der Waals surface area (Å²) in [4.78, 5) is 15.1. The number of carbonyl (C=O) groups is 1. The quantitative estimate of drug-likeness (QED) is 0.473. The molecule has 0 saturated carbocycles. The highest BCUT2D eigenvalue weighted by atomic mass is 32.1. The predicted octanol–water partition coefficient (Wildman–Crippen LogP) is 1.58. The fourth-order valence-electron chi connectivity index (χ4n) is 1.53. The van der Waals surface area contributed by atoms with E-state index < -0.39 is 0 Å². The van der Waals surface area contributed by atoms with E-state index in [0.717, 1.165) is 6.54 Å². The molecule has 1 unspecified atom stereocenters. The number of hydrogen-bond donors (Lipinski definition) is 2. The molecule has 6 heteroatoms. The van der Waals surface area contributed by atoms with Crippen molar-refractivity contribution in [3.05, 3.63) is 22.4 Å². The Morgan fingerprint density at radius 3 is 2.89 bits per heavy atom. The highest BCUT2D eigenvalue weighted by Gasteiger charge is 2.07. The zero-order chi connectivity index (χ0) is 14.1. The first-order valence-corrected chi connectivity index (χ1v) is 7.15. The van der Waals surface area contributed by atoms with E-state index in [1.807, 2.05) is 0 Å². The summed E-state index contributed by atoms with van der Waals surface area (Å²) in [5, 5.41) is 10.5. The molecule has 0 fully saturated rings. The van der Waals surface area contributed by atoms with E-state index in [1.165, 1.54) is 12.7 Å². The number of esters is 1. The van der Waals surface area contributed by atoms with Crippen LogP contribution < -0.4 is 10.6 Å². The molecule has 0 bridgehead atoms. The van der Waals surface area contributed by atoms with Crippen LogP contribution in [0, 0.1) is 0 Å². The van der Waals surface area contributed by atoms with Crippen molar-refractivity contribution in [2.45, 2.75) is 19.3 Å². The van der Waals surface area contributed by atoms with Gasteiger partial charge in [0.25, 0.3) is 0 Å². The second kappa shape index (κ2) is 8.53. The van der Waals surface area contributed by atoms with Crippen LogP contribution in [0.5, 0.6) is 0 Å². The number of hydrogen-bond acceptors (Lipinski definition) is 4. The first-order valence-electron chi connectivity index (χ1n) is 6.20. The topological polar surface area (TPSA) is 62.7 Å². The molecule has 0 aliphatic carbocycles. The smallest absolute Gasteiger partial charge is 0.307 e. The second-order valence-electron chi connectivity index (χ2n) is 4.16. The SMILES string of the molecule is CN=C(NCCC(=O)OC)NCC(C)c1ccsc1. The number of thiophene rings is 1. The molecule has 0 amide bonds. The number of methoxy groups -OCH3 is 1. The van der Waals surface area contributed by atoms with Crippen LogP contribution in [0.3, 0.4) is 0 Å². The molecule has 0 aliphatic heterocycles. The Morgan fingerprint density at radius 2 is 2.32 bits per heavy atom. The lowest BCUT2D eigenvalue weighted by atomic mass is 10.1. The van der Waals surface area contributed by atoms with Gasteiger partial charge in [0.05, 0.1) is 13.5 Å². The monoisotopic (exact) mass is 283 g/mol. The van der Waals surface area contributed by atoms with Gasteiger partial charge in [-0.25, -0.2) is 0 Å². The van der Waals surface area contributed by atoms with Crippen molar-refractivity contribution in [2.24, 2.45) is 4.99 Å². The standard InChI is InChI=1S/C13H21N3O2S/c1-10(11-5-7-19-9-11)8-16-13(14-2)15-6-4-12(17)18-3/h5,7,9-10H,4,6,8H2,1-3H3,(H2,14,15,16). The van der Waals surface area contributed by atoms with Crippen LogP contribution in [0.25, 0.3) is 0 Å². The summed E-state index contributed by atoms with van der Waals surface area (Å²) < 4.78 is 4.57. The van der Waals surface area contributed by atoms with Gasteiger partial charge in [-0.1, -0.05) is 6.92 Å². The van der Waals surface area contributed by atoms with Crippen LogP contribution in [0.2, 0.25) is 0 Å². The van der Waals surface area contributed by atoms with Crippen molar-refractivity contribution >= 4 is 23.3 Å². The van der Waals surface area contributed by atoms with Crippen molar-refractivity contribution in [2.75, 3.05) is 27.2 Å². The van der Waals surface area contributed by atoms with Gasteiger partial charge < -0.3 is 15.4 Å². The van der Waals surface area contributed by atoms with Gasteiger partial charge in [0, 0.05) is 20.1 Å². The van der Waals surface area contributed by atoms with Crippen LogP contribution in [0.15, 0.2) is 21.8 Å². The molecule has 1 aromatic heterocycles. The molecule has 1 rings (SSSR count). The Morgan fingerprint density at radius 1 is 1.53 bits per heavy atom. The third-order valence-electron chi connectivity index (χ3n) is 2.76. The fourth-order valence-corrected chi connectivity index (χ4v) is 2.31. The van der Waals surface area contributed by atoms with Gasteiger partial charge in [-0.3, -0.25) is 9.79 Å². The van der Waals surface area contributed by atoms with E-state index in [2.05, 4.69) is 44.1 Å². The van der Waals surface area contributed by atoms with Crippen LogP contribution in [-0.2, 0) is 9.53 Å². The molecule has 0 radical (unpaired) electrons. The average Bonchev–Trinajstić information content (AvgIpc) is 2.96. The Kier molecular flexibility index (Phi) is 6.95. The van der Waals surface area contributed by atoms with E-state index in [0.29, 0.717) is 24.8 Å². The summed E-state index contributed by atoms with van der Waals surface area (Å²) in [7, 11) is 3.10. The van der Waals surface area contributed by atoms with Gasteiger partial charge in [-0.2, -0.15) is 11.3 Å². The molecular weight excluding hydrogens is 262 g/mol. The maximum absolute atomic E-state index is 11.0. The minimum absolute atomic E-state index is 0.227. The summed E-state index contributed by atoms with van der Waals surface area (Å²) in [6, 6.07) is 2.13. The third-order valence-corrected chi connectivity index (χ3v) is 3.46. The highest BCUT2D eigenvalue weighted by molar-refractivity contribution is 7.07. The van der Waals surface area contributed by atoms with E-state index in [9.17, 15) is 4.79 Å². The molecular formula is C13H21N3O2S. The molecule has 1 atom stereocenters. The summed E-state index contributed by atoms with van der Waals surface area (Å²) in [6.07, 6.45) is 0.331. The van der Waals surface area contributed by atoms with Gasteiger partial charge in [0.2, 0.25) is 0 Å². The highest BCUT2D eigenvalue weighted by Crippen LogP contribution is 2.16. The average molecular weight is 283 g/mol. The Hall–Kier alpha value is -1.56. The maximum Gasteiger partial charge on any atom is 0.307 e. The molecule has 0 aromatic carbocycles. The minimum Gasteiger partial charge on any atom is -0.469 e. The van der Waals surface area contributed by atoms with E-state index in [1.54, 1.807) is 18.4 Å². The van der Waals surface area contributed by atoms with Crippen LogP contribution in [0.1, 0.15) is 24.8 Å². The zero-order valence-electron chi connectivity index (χ0n) is 11.6. The molecule has 1 heterocycles. The van der Waals surface area contributed by atoms with Crippen molar-refractivity contribution in [1.82, 2.24) is 10.6 Å². The second-order valence-corrected chi connectivity index (χ2v) is 4.94. The number of ether oxygens (including phenoxy) is 1. The van der Waals surface area contributed by atoms with Gasteiger partial charge in [0.15, 0.2) is 5.96 Å². The largest absolute Gasteiger partial charge is 0.469 e. The molecule has 2 N–H and O–H groups in total. The third kappa shape index (κ3) is 5.74. The first-order chi connectivity index (χ1) is 9.17. The molecule has 0 saturated heterocycles. The van der Waals surface area contributed by atoms with Gasteiger partial charge in [-0.15, -0.1) is 0 Å². The Balaban J connectivity index is 2.27. The van der Waals surface area contributed by atoms with Gasteiger partial charge in [-0.05, 0) is 28.3 Å². The van der Waals surface area contributed by atoms with E-state index in [4.69, 9.17) is 0 Å². The van der Waals surface area contributed by atoms with E-state index in [-0.39, 0.29) is 5.97 Å². The summed E-state index contributed by atoms with van der Waals surface area (Å²) in [6.45, 7) is 3.48. The zero-order valence-corrected chi connectivity index (χ0v) is 12.4. The molecule has 5 nitrogen and oxygen atoms in total. The summed E-state index contributed by atoms with van der Waals surface area (Å²) in [5.74, 6) is 0.894. The Labute approximate surface area is 118 Å². The number of rotatable bonds is 6. The number of nitrogens with zero attached hydrogens (tertiary/aromatic N) is 1. The van der Waals surface area contributed by atoms with Crippen molar-refractivity contribution in [3.63, 3.8) is 0 Å². The molecule has 1 aromatic rings. The number of carbonyl (C=O) groups excluding carboxylic acids is 1. The fraction of sp³-hybridized carbons (Fsp3) is 0.538. The first kappa shape index (κ1) is 15.5. The minimum atomic E-state index is -0.227. The number of guanidine groups is 1. The number of nitrogens with one attached hydrogen (secondary N) is 2. The van der Waals surface area contributed by atoms with Crippen molar-refractivity contribution in [3.8, 4) is 0 Å². The lowest BCUT2D eigenvalue weighted by molar-refractivity contribution is -0.140. The molecule has 106 valence electrons. The van der Waals surface area contributed by atoms with Crippen LogP contribution in [-0.4, -0.2) is 39.2 Å². The van der Waals surface area contributed by atoms with Crippen molar-refractivity contribution < 1.29 is 9.53 Å². The van der Waals surface area contributed by atoms with E-state index >= 15 is 0 Å².